The van der Waals surface area contributed by atoms with Crippen molar-refractivity contribution in [2.45, 2.75) is 25.7 Å². The molecule has 0 aliphatic heterocycles. The third kappa shape index (κ3) is 17.3. The van der Waals surface area contributed by atoms with Gasteiger partial charge in [-0.25, -0.2) is 0 Å². The van der Waals surface area contributed by atoms with Crippen molar-refractivity contribution >= 4 is 0 Å². The van der Waals surface area contributed by atoms with Crippen molar-refractivity contribution in [3.05, 3.63) is 24.3 Å². The highest BCUT2D eigenvalue weighted by molar-refractivity contribution is 4.81. The molecule has 0 spiro atoms. The van der Waals surface area contributed by atoms with Gasteiger partial charge in [0.2, 0.25) is 0 Å². The van der Waals surface area contributed by atoms with Gasteiger partial charge in [-0.1, -0.05) is 24.3 Å². The first-order chi connectivity index (χ1) is 9.41. The first-order valence-electron chi connectivity index (χ1n) is 6.66. The summed E-state index contributed by atoms with van der Waals surface area (Å²) in [5.41, 5.74) is 0. The smallest absolute Gasteiger partial charge is 0.149 e. The van der Waals surface area contributed by atoms with Crippen molar-refractivity contribution in [3.63, 3.8) is 0 Å². The van der Waals surface area contributed by atoms with E-state index in [4.69, 9.17) is 24.4 Å². The molecule has 0 aromatic rings. The van der Waals surface area contributed by atoms with E-state index < -0.39 is 0 Å². The zero-order valence-electron chi connectivity index (χ0n) is 11.5. The van der Waals surface area contributed by atoms with Gasteiger partial charge in [0, 0.05) is 13.2 Å². The summed E-state index contributed by atoms with van der Waals surface area (Å²) in [5, 5.41) is 17.1. The van der Waals surface area contributed by atoms with Gasteiger partial charge in [0.15, 0.2) is 0 Å². The highest BCUT2D eigenvalue weighted by atomic mass is 16.7. The molecule has 5 heteroatoms. The molecule has 0 unspecified atom stereocenters. The summed E-state index contributed by atoms with van der Waals surface area (Å²) in [6.07, 6.45) is 10.8. The van der Waals surface area contributed by atoms with Crippen molar-refractivity contribution in [2.24, 2.45) is 0 Å². The minimum Gasteiger partial charge on any atom is -0.396 e. The average molecular weight is 274 g/mol. The number of aliphatic hydroxyl groups is 2. The normalized spacial score (nSPS) is 11.9. The molecule has 0 bridgehead atoms. The fourth-order valence-corrected chi connectivity index (χ4v) is 1.19. The van der Waals surface area contributed by atoms with Crippen molar-refractivity contribution in [2.75, 3.05) is 40.0 Å². The second kappa shape index (κ2) is 17.3. The van der Waals surface area contributed by atoms with Gasteiger partial charge in [0.25, 0.3) is 0 Å². The minimum absolute atomic E-state index is 0.187. The monoisotopic (exact) mass is 274 g/mol. The van der Waals surface area contributed by atoms with E-state index >= 15 is 0 Å². The first-order valence-corrected chi connectivity index (χ1v) is 6.66. The van der Waals surface area contributed by atoms with Crippen LogP contribution in [0.2, 0.25) is 0 Å². The maximum atomic E-state index is 8.54. The number of rotatable bonds is 14. The summed E-state index contributed by atoms with van der Waals surface area (Å²) in [7, 11) is 0. The van der Waals surface area contributed by atoms with Gasteiger partial charge in [-0.05, 0) is 25.7 Å². The Balaban J connectivity index is 3.02. The van der Waals surface area contributed by atoms with Crippen LogP contribution in [0.25, 0.3) is 0 Å². The van der Waals surface area contributed by atoms with E-state index in [9.17, 15) is 0 Å². The van der Waals surface area contributed by atoms with Gasteiger partial charge in [-0.3, -0.25) is 0 Å². The Morgan fingerprint density at radius 3 is 1.42 bits per heavy atom. The second-order valence-electron chi connectivity index (χ2n) is 3.80. The molecule has 2 N–H and O–H groups in total. The summed E-state index contributed by atoms with van der Waals surface area (Å²) in [6.45, 7) is 2.04. The van der Waals surface area contributed by atoms with E-state index in [0.717, 1.165) is 12.8 Å². The van der Waals surface area contributed by atoms with Crippen molar-refractivity contribution in [1.82, 2.24) is 0 Å². The minimum atomic E-state index is 0.187. The fraction of sp³-hybridized carbons (Fsp3) is 0.714. The molecule has 0 saturated heterocycles. The van der Waals surface area contributed by atoms with Crippen molar-refractivity contribution in [1.29, 1.82) is 0 Å². The highest BCUT2D eigenvalue weighted by Crippen LogP contribution is 1.91. The predicted molar refractivity (Wildman–Crippen MR) is 73.6 cm³/mol. The van der Waals surface area contributed by atoms with Crippen LogP contribution in [0.15, 0.2) is 24.3 Å². The molecule has 0 amide bonds. The van der Waals surface area contributed by atoms with Crippen LogP contribution in [-0.2, 0) is 14.2 Å². The van der Waals surface area contributed by atoms with E-state index in [1.807, 2.05) is 24.3 Å². The second-order valence-corrected chi connectivity index (χ2v) is 3.80. The molecule has 0 aromatic carbocycles. The van der Waals surface area contributed by atoms with Crippen LogP contribution in [-0.4, -0.2) is 50.2 Å². The van der Waals surface area contributed by atoms with Crippen LogP contribution >= 0.6 is 0 Å². The molecular weight excluding hydrogens is 248 g/mol. The summed E-state index contributed by atoms with van der Waals surface area (Å²) in [4.78, 5) is 0. The van der Waals surface area contributed by atoms with E-state index in [1.54, 1.807) is 0 Å². The largest absolute Gasteiger partial charge is 0.396 e. The Kier molecular flexibility index (Phi) is 16.6. The lowest BCUT2D eigenvalue weighted by atomic mass is 10.3. The predicted octanol–water partition coefficient (Wildman–Crippen LogP) is 1.61. The molecule has 0 radical (unpaired) electrons. The van der Waals surface area contributed by atoms with Crippen LogP contribution in [0.5, 0.6) is 0 Å². The fourth-order valence-electron chi connectivity index (χ4n) is 1.19. The quantitative estimate of drug-likeness (QED) is 0.286. The van der Waals surface area contributed by atoms with Crippen LogP contribution in [0.3, 0.4) is 0 Å². The molecule has 0 atom stereocenters. The first kappa shape index (κ1) is 18.3. The van der Waals surface area contributed by atoms with Crippen LogP contribution < -0.4 is 0 Å². The van der Waals surface area contributed by atoms with Crippen LogP contribution in [0.4, 0.5) is 0 Å². The summed E-state index contributed by atoms with van der Waals surface area (Å²) in [5.74, 6) is 0. The highest BCUT2D eigenvalue weighted by Gasteiger charge is 1.88. The van der Waals surface area contributed by atoms with Gasteiger partial charge >= 0.3 is 0 Å². The zero-order valence-corrected chi connectivity index (χ0v) is 11.5. The van der Waals surface area contributed by atoms with Crippen molar-refractivity contribution in [3.8, 4) is 0 Å². The zero-order chi connectivity index (χ0) is 14.0. The molecule has 0 aromatic heterocycles. The summed E-state index contributed by atoms with van der Waals surface area (Å²) >= 11 is 0. The Hall–Kier alpha value is -0.720. The van der Waals surface area contributed by atoms with Gasteiger partial charge < -0.3 is 24.4 Å². The topological polar surface area (TPSA) is 68.2 Å². The summed E-state index contributed by atoms with van der Waals surface area (Å²) in [6, 6.07) is 0. The number of ether oxygens (including phenoxy) is 3. The molecule has 0 heterocycles. The third-order valence-corrected chi connectivity index (χ3v) is 2.12. The Morgan fingerprint density at radius 1 is 0.579 bits per heavy atom. The molecule has 0 aliphatic rings. The van der Waals surface area contributed by atoms with Gasteiger partial charge in [-0.2, -0.15) is 0 Å². The molecule has 5 nitrogen and oxygen atoms in total. The van der Waals surface area contributed by atoms with E-state index in [2.05, 4.69) is 0 Å². The van der Waals surface area contributed by atoms with E-state index in [-0.39, 0.29) is 26.8 Å². The molecule has 0 fully saturated rings. The lowest BCUT2D eigenvalue weighted by molar-refractivity contribution is -0.129. The molecule has 112 valence electrons. The molecule has 0 aliphatic carbocycles. The molecular formula is C14H26O5. The van der Waals surface area contributed by atoms with Crippen LogP contribution in [0.1, 0.15) is 25.7 Å². The molecule has 0 saturated carbocycles. The Labute approximate surface area is 115 Å². The Morgan fingerprint density at radius 2 is 1.00 bits per heavy atom. The van der Waals surface area contributed by atoms with Crippen molar-refractivity contribution < 1.29 is 24.4 Å². The molecule has 0 rings (SSSR count). The standard InChI is InChI=1S/C14H26O5/c15-9-5-1-3-7-11-17-13-19-14-18-12-8-4-2-6-10-16/h1-4,15-16H,5-14H2/b3-1+,4-2+. The van der Waals surface area contributed by atoms with Gasteiger partial charge in [0.05, 0.1) is 13.2 Å². The lowest BCUT2D eigenvalue weighted by Crippen LogP contribution is -2.05. The maximum Gasteiger partial charge on any atom is 0.149 e. The number of hydrogen-bond donors (Lipinski definition) is 2. The number of aliphatic hydroxyl groups excluding tert-OH is 2. The van der Waals surface area contributed by atoms with Gasteiger partial charge in [0.1, 0.15) is 13.6 Å². The number of hydrogen-bond acceptors (Lipinski definition) is 5. The van der Waals surface area contributed by atoms with E-state index in [0.29, 0.717) is 26.1 Å². The average Bonchev–Trinajstić information content (AvgIpc) is 2.43. The maximum absolute atomic E-state index is 8.54. The summed E-state index contributed by atoms with van der Waals surface area (Å²) < 4.78 is 15.5. The van der Waals surface area contributed by atoms with Crippen LogP contribution in [0, 0.1) is 0 Å². The van der Waals surface area contributed by atoms with Gasteiger partial charge in [-0.15, -0.1) is 0 Å². The van der Waals surface area contributed by atoms with E-state index in [1.165, 1.54) is 0 Å². The molecule has 19 heavy (non-hydrogen) atoms. The SMILES string of the molecule is OCC/C=C/CCOCOCOCC/C=C/CCO. The third-order valence-electron chi connectivity index (χ3n) is 2.12. The Bertz CT molecular complexity index is 194. The lowest BCUT2D eigenvalue weighted by Gasteiger charge is -2.05.